The third kappa shape index (κ3) is 2.21. The molecular formula is C10H15NO3. The van der Waals surface area contributed by atoms with E-state index in [0.29, 0.717) is 17.9 Å². The van der Waals surface area contributed by atoms with Crippen molar-refractivity contribution in [1.82, 2.24) is 4.98 Å². The molecule has 0 spiro atoms. The van der Waals surface area contributed by atoms with Crippen LogP contribution in [-0.4, -0.2) is 28.4 Å². The summed E-state index contributed by atoms with van der Waals surface area (Å²) < 4.78 is 5.03. The average Bonchev–Trinajstić information content (AvgIpc) is 2.26. The molecule has 2 atom stereocenters. The molecule has 0 fully saturated rings. The quantitative estimate of drug-likeness (QED) is 0.752. The molecule has 0 aliphatic heterocycles. The van der Waals surface area contributed by atoms with Crippen LogP contribution in [0.1, 0.15) is 25.1 Å². The van der Waals surface area contributed by atoms with Crippen molar-refractivity contribution in [2.24, 2.45) is 0 Å². The van der Waals surface area contributed by atoms with Crippen LogP contribution >= 0.6 is 0 Å². The number of rotatable bonds is 4. The third-order valence-electron chi connectivity index (χ3n) is 2.08. The van der Waals surface area contributed by atoms with Gasteiger partial charge < -0.3 is 14.9 Å². The van der Waals surface area contributed by atoms with Crippen LogP contribution in [0.4, 0.5) is 0 Å². The molecule has 0 aliphatic carbocycles. The number of aromatic nitrogens is 1. The van der Waals surface area contributed by atoms with Gasteiger partial charge in [-0.05, 0) is 18.6 Å². The normalized spacial score (nSPS) is 14.9. The maximum absolute atomic E-state index is 9.71. The molecule has 2 N–H and O–H groups in total. The van der Waals surface area contributed by atoms with Crippen molar-refractivity contribution in [1.29, 1.82) is 0 Å². The zero-order valence-corrected chi connectivity index (χ0v) is 8.34. The third-order valence-corrected chi connectivity index (χ3v) is 2.08. The van der Waals surface area contributed by atoms with E-state index in [2.05, 4.69) is 4.98 Å². The first-order chi connectivity index (χ1) is 6.70. The fourth-order valence-electron chi connectivity index (χ4n) is 1.20. The number of methoxy groups -OCH3 is 1. The smallest absolute Gasteiger partial charge is 0.143 e. The van der Waals surface area contributed by atoms with E-state index >= 15 is 0 Å². The molecule has 1 aromatic heterocycles. The van der Waals surface area contributed by atoms with Gasteiger partial charge in [-0.15, -0.1) is 0 Å². The molecule has 0 aromatic carbocycles. The van der Waals surface area contributed by atoms with Gasteiger partial charge >= 0.3 is 0 Å². The lowest BCUT2D eigenvalue weighted by atomic mass is 10.1. The summed E-state index contributed by atoms with van der Waals surface area (Å²) in [6.07, 6.45) is 0.236. The van der Waals surface area contributed by atoms with Crippen molar-refractivity contribution in [3.63, 3.8) is 0 Å². The summed E-state index contributed by atoms with van der Waals surface area (Å²) in [6.45, 7) is 1.79. The first-order valence-electron chi connectivity index (χ1n) is 4.55. The van der Waals surface area contributed by atoms with Gasteiger partial charge in [-0.25, -0.2) is 0 Å². The predicted molar refractivity (Wildman–Crippen MR) is 52.0 cm³/mol. The van der Waals surface area contributed by atoms with Crippen LogP contribution in [-0.2, 0) is 0 Å². The first kappa shape index (κ1) is 10.9. The molecule has 0 aliphatic rings. The molecule has 78 valence electrons. The van der Waals surface area contributed by atoms with Crippen LogP contribution in [0.2, 0.25) is 0 Å². The lowest BCUT2D eigenvalue weighted by molar-refractivity contribution is 0.0125. The van der Waals surface area contributed by atoms with Gasteiger partial charge in [-0.3, -0.25) is 4.98 Å². The molecule has 0 saturated carbocycles. The Balaban J connectivity index is 2.93. The predicted octanol–water partition coefficient (Wildman–Crippen LogP) is 0.894. The van der Waals surface area contributed by atoms with Crippen LogP contribution in [0, 0.1) is 0 Å². The Kier molecular flexibility index (Phi) is 3.85. The Morgan fingerprint density at radius 3 is 2.79 bits per heavy atom. The topological polar surface area (TPSA) is 62.6 Å². The summed E-state index contributed by atoms with van der Waals surface area (Å²) in [4.78, 5) is 3.98. The number of ether oxygens (including phenoxy) is 1. The van der Waals surface area contributed by atoms with Gasteiger partial charge in [0.1, 0.15) is 17.5 Å². The van der Waals surface area contributed by atoms with Gasteiger partial charge in [-0.1, -0.05) is 6.92 Å². The average molecular weight is 197 g/mol. The minimum Gasteiger partial charge on any atom is -0.495 e. The fraction of sp³-hybridized carbons (Fsp3) is 0.500. The highest BCUT2D eigenvalue weighted by Gasteiger charge is 2.21. The fourth-order valence-corrected chi connectivity index (χ4v) is 1.20. The number of aliphatic hydroxyl groups is 2. The molecule has 14 heavy (non-hydrogen) atoms. The molecule has 1 heterocycles. The molecule has 2 unspecified atom stereocenters. The second-order valence-electron chi connectivity index (χ2n) is 3.01. The Labute approximate surface area is 83.2 Å². The Bertz CT molecular complexity index is 290. The zero-order chi connectivity index (χ0) is 10.6. The molecule has 0 radical (unpaired) electrons. The summed E-state index contributed by atoms with van der Waals surface area (Å²) in [5.41, 5.74) is 0.379. The van der Waals surface area contributed by atoms with E-state index in [0.717, 1.165) is 0 Å². The lowest BCUT2D eigenvalue weighted by Gasteiger charge is -2.17. The molecule has 4 heteroatoms. The molecule has 1 aromatic rings. The van der Waals surface area contributed by atoms with E-state index in [1.807, 2.05) is 0 Å². The highest BCUT2D eigenvalue weighted by Crippen LogP contribution is 2.25. The van der Waals surface area contributed by atoms with Crippen LogP contribution in [0.3, 0.4) is 0 Å². The number of hydrogen-bond donors (Lipinski definition) is 2. The van der Waals surface area contributed by atoms with Gasteiger partial charge in [0.25, 0.3) is 0 Å². The van der Waals surface area contributed by atoms with E-state index in [1.54, 1.807) is 25.3 Å². The second kappa shape index (κ2) is 4.93. The first-order valence-corrected chi connectivity index (χ1v) is 4.55. The largest absolute Gasteiger partial charge is 0.495 e. The summed E-state index contributed by atoms with van der Waals surface area (Å²) in [5.74, 6) is 0.493. The highest BCUT2D eigenvalue weighted by atomic mass is 16.5. The van der Waals surface area contributed by atoms with E-state index in [9.17, 15) is 10.2 Å². The van der Waals surface area contributed by atoms with Crippen molar-refractivity contribution < 1.29 is 14.9 Å². The zero-order valence-electron chi connectivity index (χ0n) is 8.34. The Morgan fingerprint density at radius 2 is 2.21 bits per heavy atom. The van der Waals surface area contributed by atoms with E-state index < -0.39 is 12.2 Å². The van der Waals surface area contributed by atoms with Crippen LogP contribution in [0.25, 0.3) is 0 Å². The number of hydrogen-bond acceptors (Lipinski definition) is 4. The van der Waals surface area contributed by atoms with Gasteiger partial charge in [0.2, 0.25) is 0 Å². The Hall–Kier alpha value is -1.13. The summed E-state index contributed by atoms with van der Waals surface area (Å²) in [7, 11) is 1.51. The molecule has 0 saturated heterocycles. The summed E-state index contributed by atoms with van der Waals surface area (Å²) >= 11 is 0. The minimum absolute atomic E-state index is 0.379. The van der Waals surface area contributed by atoms with Crippen molar-refractivity contribution in [3.8, 4) is 5.75 Å². The van der Waals surface area contributed by atoms with Crippen LogP contribution in [0.5, 0.6) is 5.75 Å². The minimum atomic E-state index is -0.990. The monoisotopic (exact) mass is 197 g/mol. The molecule has 0 bridgehead atoms. The van der Waals surface area contributed by atoms with Gasteiger partial charge in [0.05, 0.1) is 13.2 Å². The standard InChI is InChI=1S/C10H15NO3/c1-3-7(12)10(13)9-8(14-2)5-4-6-11-9/h4-7,10,12-13H,3H2,1-2H3. The molecule has 0 amide bonds. The van der Waals surface area contributed by atoms with Crippen molar-refractivity contribution in [2.45, 2.75) is 25.6 Å². The highest BCUT2D eigenvalue weighted by molar-refractivity contribution is 5.29. The molecular weight excluding hydrogens is 182 g/mol. The lowest BCUT2D eigenvalue weighted by Crippen LogP contribution is -2.18. The molecule has 4 nitrogen and oxygen atoms in total. The van der Waals surface area contributed by atoms with Crippen molar-refractivity contribution in [3.05, 3.63) is 24.0 Å². The van der Waals surface area contributed by atoms with Gasteiger partial charge in [0.15, 0.2) is 0 Å². The van der Waals surface area contributed by atoms with Gasteiger partial charge in [0, 0.05) is 6.20 Å². The maximum atomic E-state index is 9.71. The summed E-state index contributed by atoms with van der Waals surface area (Å²) in [6, 6.07) is 3.42. The Morgan fingerprint density at radius 1 is 1.50 bits per heavy atom. The van der Waals surface area contributed by atoms with Crippen molar-refractivity contribution in [2.75, 3.05) is 7.11 Å². The van der Waals surface area contributed by atoms with Gasteiger partial charge in [-0.2, -0.15) is 0 Å². The number of pyridine rings is 1. The maximum Gasteiger partial charge on any atom is 0.143 e. The number of nitrogens with zero attached hydrogens (tertiary/aromatic N) is 1. The second-order valence-corrected chi connectivity index (χ2v) is 3.01. The van der Waals surface area contributed by atoms with Crippen LogP contribution < -0.4 is 4.74 Å². The van der Waals surface area contributed by atoms with Crippen LogP contribution in [0.15, 0.2) is 18.3 Å². The van der Waals surface area contributed by atoms with Crippen molar-refractivity contribution >= 4 is 0 Å². The summed E-state index contributed by atoms with van der Waals surface area (Å²) in [5, 5.41) is 19.2. The van der Waals surface area contributed by atoms with E-state index in [-0.39, 0.29) is 0 Å². The van der Waals surface area contributed by atoms with E-state index in [1.165, 1.54) is 7.11 Å². The SMILES string of the molecule is CCC(O)C(O)c1ncccc1OC. The van der Waals surface area contributed by atoms with E-state index in [4.69, 9.17) is 4.74 Å². The molecule has 1 rings (SSSR count). The number of aliphatic hydroxyl groups excluding tert-OH is 2.